The van der Waals surface area contributed by atoms with Crippen LogP contribution in [0.4, 0.5) is 0 Å². The Kier molecular flexibility index (Phi) is 2.04. The van der Waals surface area contributed by atoms with Gasteiger partial charge in [0.15, 0.2) is 0 Å². The molecule has 1 heterocycles. The Bertz CT molecular complexity index is 375. The van der Waals surface area contributed by atoms with E-state index in [-0.39, 0.29) is 0 Å². The number of hydrogen-bond donors (Lipinski definition) is 2. The van der Waals surface area contributed by atoms with Crippen molar-refractivity contribution in [1.82, 2.24) is 14.8 Å². The summed E-state index contributed by atoms with van der Waals surface area (Å²) in [5.74, 6) is -0.756. The Morgan fingerprint density at radius 2 is 2.33 bits per heavy atom. The summed E-state index contributed by atoms with van der Waals surface area (Å²) in [6, 6.07) is 0. The van der Waals surface area contributed by atoms with Crippen LogP contribution in [0.5, 0.6) is 0 Å². The molecule has 0 atom stereocenters. The molecule has 1 amide bonds. The average Bonchev–Trinajstić information content (AvgIpc) is 1.97. The van der Waals surface area contributed by atoms with Crippen LogP contribution >= 0.6 is 0 Å². The van der Waals surface area contributed by atoms with Crippen molar-refractivity contribution in [2.75, 3.05) is 0 Å². The van der Waals surface area contributed by atoms with Crippen LogP contribution in [0, 0.1) is 0 Å². The fraction of sp³-hybridized carbons (Fsp3) is 0.200. The van der Waals surface area contributed by atoms with Gasteiger partial charge in [0.05, 0.1) is 0 Å². The highest BCUT2D eigenvalue weighted by Gasteiger charge is 2.02. The number of H-pyrrole nitrogens is 1. The lowest BCUT2D eigenvalue weighted by Crippen LogP contribution is -2.39. The van der Waals surface area contributed by atoms with E-state index in [1.54, 1.807) is 0 Å². The normalized spacial score (nSPS) is 9.67. The third-order valence-electron chi connectivity index (χ3n) is 1.16. The van der Waals surface area contributed by atoms with Gasteiger partial charge in [0.2, 0.25) is 5.91 Å². The van der Waals surface area contributed by atoms with Crippen molar-refractivity contribution in [2.24, 2.45) is 5.73 Å². The topological polar surface area (TPSA) is 111 Å². The van der Waals surface area contributed by atoms with Crippen molar-refractivity contribution < 1.29 is 4.79 Å². The zero-order valence-corrected chi connectivity index (χ0v) is 5.98. The molecule has 0 unspecified atom stereocenters. The van der Waals surface area contributed by atoms with Gasteiger partial charge in [0.25, 0.3) is 5.56 Å². The molecule has 0 fully saturated rings. The van der Waals surface area contributed by atoms with Gasteiger partial charge in [0.1, 0.15) is 12.7 Å². The van der Waals surface area contributed by atoms with Crippen LogP contribution < -0.4 is 17.0 Å². The second-order valence-corrected chi connectivity index (χ2v) is 2.07. The van der Waals surface area contributed by atoms with Crippen LogP contribution in [0.25, 0.3) is 0 Å². The third-order valence-corrected chi connectivity index (χ3v) is 1.16. The Morgan fingerprint density at radius 1 is 1.67 bits per heavy atom. The minimum atomic E-state index is -0.756. The maximum Gasteiger partial charge on any atom is 0.345 e. The minimum absolute atomic E-state index is 0.434. The van der Waals surface area contributed by atoms with Gasteiger partial charge in [-0.1, -0.05) is 0 Å². The number of aromatic nitrogens is 3. The van der Waals surface area contributed by atoms with Gasteiger partial charge in [0, 0.05) is 0 Å². The molecule has 0 saturated carbocycles. The molecule has 1 aromatic rings. The van der Waals surface area contributed by atoms with Gasteiger partial charge in [-0.25, -0.2) is 14.5 Å². The molecular formula is C5H6N4O3. The van der Waals surface area contributed by atoms with Crippen molar-refractivity contribution >= 4 is 5.91 Å². The molecule has 7 heteroatoms. The maximum absolute atomic E-state index is 10.8. The Hall–Kier alpha value is -1.92. The number of rotatable bonds is 2. The number of nitrogens with zero attached hydrogens (tertiary/aromatic N) is 2. The van der Waals surface area contributed by atoms with Crippen molar-refractivity contribution in [3.8, 4) is 0 Å². The SMILES string of the molecule is NC(=O)Cn1c(=O)cn[nH]c1=O. The second-order valence-electron chi connectivity index (χ2n) is 2.07. The Morgan fingerprint density at radius 3 is 2.83 bits per heavy atom. The molecule has 1 aromatic heterocycles. The van der Waals surface area contributed by atoms with Crippen LogP contribution in [-0.2, 0) is 11.3 Å². The van der Waals surface area contributed by atoms with E-state index in [9.17, 15) is 14.4 Å². The largest absolute Gasteiger partial charge is 0.368 e. The highest BCUT2D eigenvalue weighted by molar-refractivity contribution is 5.73. The first kappa shape index (κ1) is 8.18. The molecule has 0 aliphatic rings. The molecule has 7 nitrogen and oxygen atoms in total. The highest BCUT2D eigenvalue weighted by Crippen LogP contribution is 1.66. The third kappa shape index (κ3) is 1.57. The van der Waals surface area contributed by atoms with E-state index in [1.165, 1.54) is 0 Å². The summed E-state index contributed by atoms with van der Waals surface area (Å²) in [6.07, 6.45) is 0.893. The zero-order valence-electron chi connectivity index (χ0n) is 5.98. The fourth-order valence-corrected chi connectivity index (χ4v) is 0.678. The lowest BCUT2D eigenvalue weighted by atomic mass is 10.6. The summed E-state index contributed by atoms with van der Waals surface area (Å²) in [4.78, 5) is 32.0. The molecule has 0 aromatic carbocycles. The van der Waals surface area contributed by atoms with Crippen LogP contribution in [0.1, 0.15) is 0 Å². The molecule has 1 rings (SSSR count). The van der Waals surface area contributed by atoms with Gasteiger partial charge in [-0.05, 0) is 0 Å². The lowest BCUT2D eigenvalue weighted by Gasteiger charge is -1.97. The minimum Gasteiger partial charge on any atom is -0.368 e. The second kappa shape index (κ2) is 2.99. The first-order chi connectivity index (χ1) is 5.61. The predicted octanol–water partition coefficient (Wildman–Crippen LogP) is -2.58. The van der Waals surface area contributed by atoms with Gasteiger partial charge in [-0.2, -0.15) is 5.10 Å². The molecule has 0 saturated heterocycles. The molecule has 0 spiro atoms. The fourth-order valence-electron chi connectivity index (χ4n) is 0.678. The Labute approximate surface area is 65.8 Å². The van der Waals surface area contributed by atoms with Crippen LogP contribution in [0.3, 0.4) is 0 Å². The molecule has 0 aliphatic heterocycles. The van der Waals surface area contributed by atoms with Crippen LogP contribution in [0.15, 0.2) is 15.8 Å². The summed E-state index contributed by atoms with van der Waals surface area (Å²) in [7, 11) is 0. The van der Waals surface area contributed by atoms with E-state index in [1.807, 2.05) is 5.10 Å². The number of carbonyl (C=O) groups excluding carboxylic acids is 1. The van der Waals surface area contributed by atoms with Gasteiger partial charge in [-0.3, -0.25) is 9.59 Å². The summed E-state index contributed by atoms with van der Waals surface area (Å²) in [5.41, 5.74) is 3.39. The smallest absolute Gasteiger partial charge is 0.345 e. The molecular weight excluding hydrogens is 164 g/mol. The van der Waals surface area contributed by atoms with Crippen molar-refractivity contribution in [3.63, 3.8) is 0 Å². The molecule has 3 N–H and O–H groups in total. The standard InChI is InChI=1S/C5H6N4O3/c6-3(10)2-9-4(11)1-7-8-5(9)12/h1H,2H2,(H2,6,10)(H,8,12). The number of aromatic amines is 1. The number of nitrogens with two attached hydrogens (primary N) is 1. The maximum atomic E-state index is 10.8. The number of primary amides is 1. The van der Waals surface area contributed by atoms with E-state index in [2.05, 4.69) is 5.10 Å². The molecule has 12 heavy (non-hydrogen) atoms. The van der Waals surface area contributed by atoms with Gasteiger partial charge >= 0.3 is 5.69 Å². The lowest BCUT2D eigenvalue weighted by molar-refractivity contribution is -0.118. The highest BCUT2D eigenvalue weighted by atomic mass is 16.2. The number of nitrogens with one attached hydrogen (secondary N) is 1. The summed E-state index contributed by atoms with van der Waals surface area (Å²) < 4.78 is 0.662. The first-order valence-corrected chi connectivity index (χ1v) is 3.04. The van der Waals surface area contributed by atoms with E-state index < -0.39 is 23.7 Å². The van der Waals surface area contributed by atoms with Gasteiger partial charge < -0.3 is 5.73 Å². The van der Waals surface area contributed by atoms with Gasteiger partial charge in [-0.15, -0.1) is 0 Å². The monoisotopic (exact) mass is 170 g/mol. The number of carbonyl (C=O) groups is 1. The van der Waals surface area contributed by atoms with E-state index >= 15 is 0 Å². The summed E-state index contributed by atoms with van der Waals surface area (Å²) >= 11 is 0. The quantitative estimate of drug-likeness (QED) is 0.507. The van der Waals surface area contributed by atoms with E-state index in [0.717, 1.165) is 6.20 Å². The average molecular weight is 170 g/mol. The number of hydrogen-bond acceptors (Lipinski definition) is 4. The first-order valence-electron chi connectivity index (χ1n) is 3.04. The van der Waals surface area contributed by atoms with E-state index in [0.29, 0.717) is 4.57 Å². The van der Waals surface area contributed by atoms with Crippen LogP contribution in [-0.4, -0.2) is 20.7 Å². The van der Waals surface area contributed by atoms with E-state index in [4.69, 9.17) is 5.73 Å². The van der Waals surface area contributed by atoms with Crippen molar-refractivity contribution in [1.29, 1.82) is 0 Å². The molecule has 0 radical (unpaired) electrons. The zero-order chi connectivity index (χ0) is 9.14. The van der Waals surface area contributed by atoms with Crippen LogP contribution in [0.2, 0.25) is 0 Å². The summed E-state index contributed by atoms with van der Waals surface area (Å²) in [6.45, 7) is -0.434. The molecule has 0 bridgehead atoms. The Balaban J connectivity index is 3.23. The molecule has 64 valence electrons. The molecule has 0 aliphatic carbocycles. The van der Waals surface area contributed by atoms with Crippen molar-refractivity contribution in [3.05, 3.63) is 27.0 Å². The predicted molar refractivity (Wildman–Crippen MR) is 38.3 cm³/mol. The summed E-state index contributed by atoms with van der Waals surface area (Å²) in [5, 5.41) is 5.22. The van der Waals surface area contributed by atoms with Crippen molar-refractivity contribution in [2.45, 2.75) is 6.54 Å². The number of amides is 1.